The van der Waals surface area contributed by atoms with Crippen molar-refractivity contribution in [2.45, 2.75) is 19.1 Å². The van der Waals surface area contributed by atoms with E-state index in [2.05, 4.69) is 4.74 Å². The molecule has 2 unspecified atom stereocenters. The topological polar surface area (TPSA) is 92.8 Å². The van der Waals surface area contributed by atoms with E-state index in [-0.39, 0.29) is 6.61 Å². The average Bonchev–Trinajstić information content (AvgIpc) is 2.28. The fourth-order valence-corrected chi connectivity index (χ4v) is 1.31. The highest BCUT2D eigenvalue weighted by molar-refractivity contribution is 5.75. The molecule has 4 N–H and O–H groups in total. The number of ether oxygens (including phenoxy) is 1. The molecule has 0 heterocycles. The Morgan fingerprint density at radius 1 is 1.44 bits per heavy atom. The van der Waals surface area contributed by atoms with Gasteiger partial charge in [0.15, 0.2) is 6.10 Å². The Morgan fingerprint density at radius 3 is 2.62 bits per heavy atom. The smallest absolute Gasteiger partial charge is 0.338 e. The molecule has 5 nitrogen and oxygen atoms in total. The molecule has 0 bridgehead atoms. The van der Waals surface area contributed by atoms with E-state index in [0.29, 0.717) is 11.3 Å². The zero-order valence-electron chi connectivity index (χ0n) is 8.96. The van der Waals surface area contributed by atoms with Gasteiger partial charge in [0.05, 0.1) is 6.61 Å². The number of para-hydroxylation sites is 1. The Morgan fingerprint density at radius 2 is 2.06 bits per heavy atom. The molecule has 0 radical (unpaired) electrons. The predicted molar refractivity (Wildman–Crippen MR) is 58.5 cm³/mol. The van der Waals surface area contributed by atoms with Crippen molar-refractivity contribution >= 4 is 11.7 Å². The number of hydrogen-bond donors (Lipinski definition) is 3. The summed E-state index contributed by atoms with van der Waals surface area (Å²) in [7, 11) is 0. The van der Waals surface area contributed by atoms with Crippen molar-refractivity contribution in [3.8, 4) is 0 Å². The van der Waals surface area contributed by atoms with Gasteiger partial charge in [-0.2, -0.15) is 0 Å². The highest BCUT2D eigenvalue weighted by Gasteiger charge is 2.27. The summed E-state index contributed by atoms with van der Waals surface area (Å²) >= 11 is 0. The molecule has 1 aromatic carbocycles. The van der Waals surface area contributed by atoms with Crippen LogP contribution in [0.4, 0.5) is 5.69 Å². The maximum absolute atomic E-state index is 11.2. The summed E-state index contributed by atoms with van der Waals surface area (Å²) in [5.74, 6) is -0.863. The van der Waals surface area contributed by atoms with E-state index in [9.17, 15) is 15.0 Å². The number of hydrogen-bond acceptors (Lipinski definition) is 5. The van der Waals surface area contributed by atoms with Crippen molar-refractivity contribution < 1.29 is 19.7 Å². The van der Waals surface area contributed by atoms with Gasteiger partial charge in [0, 0.05) is 11.3 Å². The fourth-order valence-electron chi connectivity index (χ4n) is 1.31. The van der Waals surface area contributed by atoms with Crippen LogP contribution in [0.15, 0.2) is 24.3 Å². The SMILES string of the molecule is CCOC(=O)C(O)C(O)c1ccccc1N. The van der Waals surface area contributed by atoms with Crippen molar-refractivity contribution in [1.82, 2.24) is 0 Å². The third-order valence-electron chi connectivity index (χ3n) is 2.14. The van der Waals surface area contributed by atoms with Gasteiger partial charge in [0.25, 0.3) is 0 Å². The standard InChI is InChI=1S/C11H15NO4/c1-2-16-11(15)10(14)9(13)7-5-3-4-6-8(7)12/h3-6,9-10,13-14H,2,12H2,1H3. The fraction of sp³-hybridized carbons (Fsp3) is 0.364. The highest BCUT2D eigenvalue weighted by atomic mass is 16.5. The number of aliphatic hydroxyl groups is 2. The summed E-state index contributed by atoms with van der Waals surface area (Å²) in [4.78, 5) is 11.2. The Balaban J connectivity index is 2.82. The molecule has 0 amide bonds. The number of carbonyl (C=O) groups excluding carboxylic acids is 1. The van der Waals surface area contributed by atoms with Crippen LogP contribution in [0.5, 0.6) is 0 Å². The maximum atomic E-state index is 11.2. The minimum atomic E-state index is -1.62. The van der Waals surface area contributed by atoms with Crippen LogP contribution in [-0.2, 0) is 9.53 Å². The first-order valence-electron chi connectivity index (χ1n) is 4.95. The van der Waals surface area contributed by atoms with Gasteiger partial charge in [-0.05, 0) is 13.0 Å². The van der Waals surface area contributed by atoms with Gasteiger partial charge in [0.2, 0.25) is 0 Å². The molecule has 0 saturated carbocycles. The molecule has 1 aromatic rings. The van der Waals surface area contributed by atoms with Crippen molar-refractivity contribution in [2.75, 3.05) is 12.3 Å². The van der Waals surface area contributed by atoms with Gasteiger partial charge in [-0.3, -0.25) is 0 Å². The minimum Gasteiger partial charge on any atom is -0.464 e. The molecular formula is C11H15NO4. The number of carbonyl (C=O) groups is 1. The second-order valence-electron chi connectivity index (χ2n) is 3.27. The lowest BCUT2D eigenvalue weighted by Gasteiger charge is -2.17. The first kappa shape index (κ1) is 12.5. The third-order valence-corrected chi connectivity index (χ3v) is 2.14. The molecule has 0 spiro atoms. The van der Waals surface area contributed by atoms with E-state index >= 15 is 0 Å². The minimum absolute atomic E-state index is 0.146. The average molecular weight is 225 g/mol. The lowest BCUT2D eigenvalue weighted by Crippen LogP contribution is -2.30. The molecular weight excluding hydrogens is 210 g/mol. The molecule has 0 aliphatic rings. The number of aliphatic hydroxyl groups excluding tert-OH is 2. The van der Waals surface area contributed by atoms with E-state index in [4.69, 9.17) is 5.73 Å². The number of nitrogen functional groups attached to an aromatic ring is 1. The van der Waals surface area contributed by atoms with Crippen LogP contribution in [-0.4, -0.2) is 28.9 Å². The van der Waals surface area contributed by atoms with Crippen LogP contribution >= 0.6 is 0 Å². The van der Waals surface area contributed by atoms with E-state index in [1.807, 2.05) is 0 Å². The lowest BCUT2D eigenvalue weighted by atomic mass is 10.0. The first-order valence-corrected chi connectivity index (χ1v) is 4.95. The molecule has 0 aliphatic carbocycles. The highest BCUT2D eigenvalue weighted by Crippen LogP contribution is 2.23. The summed E-state index contributed by atoms with van der Waals surface area (Å²) in [6, 6.07) is 6.48. The first-order chi connectivity index (χ1) is 7.57. The summed E-state index contributed by atoms with van der Waals surface area (Å²) in [6.45, 7) is 1.76. The van der Waals surface area contributed by atoms with Crippen molar-refractivity contribution in [2.24, 2.45) is 0 Å². The normalized spacial score (nSPS) is 14.2. The summed E-state index contributed by atoms with van der Waals surface area (Å²) < 4.78 is 4.60. The van der Waals surface area contributed by atoms with E-state index in [0.717, 1.165) is 0 Å². The molecule has 16 heavy (non-hydrogen) atoms. The van der Waals surface area contributed by atoms with Crippen molar-refractivity contribution in [3.05, 3.63) is 29.8 Å². The second-order valence-corrected chi connectivity index (χ2v) is 3.27. The number of nitrogens with two attached hydrogens (primary N) is 1. The van der Waals surface area contributed by atoms with Crippen LogP contribution in [0.2, 0.25) is 0 Å². The Bertz CT molecular complexity index is 367. The third kappa shape index (κ3) is 2.71. The maximum Gasteiger partial charge on any atom is 0.338 e. The summed E-state index contributed by atoms with van der Waals surface area (Å²) in [5.41, 5.74) is 6.24. The predicted octanol–water partition coefficient (Wildman–Crippen LogP) is 0.226. The number of anilines is 1. The zero-order valence-corrected chi connectivity index (χ0v) is 8.96. The quantitative estimate of drug-likeness (QED) is 0.503. The molecule has 2 atom stereocenters. The van der Waals surface area contributed by atoms with Gasteiger partial charge in [-0.1, -0.05) is 18.2 Å². The van der Waals surface area contributed by atoms with Crippen molar-refractivity contribution in [3.63, 3.8) is 0 Å². The van der Waals surface area contributed by atoms with Crippen LogP contribution in [0.25, 0.3) is 0 Å². The summed E-state index contributed by atoms with van der Waals surface area (Å²) in [5, 5.41) is 19.3. The van der Waals surface area contributed by atoms with Crippen LogP contribution < -0.4 is 5.73 Å². The number of rotatable bonds is 4. The molecule has 1 rings (SSSR count). The number of benzene rings is 1. The number of esters is 1. The van der Waals surface area contributed by atoms with E-state index < -0.39 is 18.2 Å². The van der Waals surface area contributed by atoms with Crippen LogP contribution in [0, 0.1) is 0 Å². The van der Waals surface area contributed by atoms with Gasteiger partial charge in [0.1, 0.15) is 6.10 Å². The van der Waals surface area contributed by atoms with E-state index in [1.165, 1.54) is 0 Å². The van der Waals surface area contributed by atoms with Crippen molar-refractivity contribution in [1.29, 1.82) is 0 Å². The monoisotopic (exact) mass is 225 g/mol. The summed E-state index contributed by atoms with van der Waals surface area (Å²) in [6.07, 6.45) is -3.00. The molecule has 88 valence electrons. The van der Waals surface area contributed by atoms with Crippen LogP contribution in [0.3, 0.4) is 0 Å². The van der Waals surface area contributed by atoms with Gasteiger partial charge in [-0.15, -0.1) is 0 Å². The van der Waals surface area contributed by atoms with Gasteiger partial charge >= 0.3 is 5.97 Å². The zero-order chi connectivity index (χ0) is 12.1. The molecule has 0 aromatic heterocycles. The largest absolute Gasteiger partial charge is 0.464 e. The van der Waals surface area contributed by atoms with Crippen LogP contribution in [0.1, 0.15) is 18.6 Å². The molecule has 5 heteroatoms. The van der Waals surface area contributed by atoms with Gasteiger partial charge in [-0.25, -0.2) is 4.79 Å². The second kappa shape index (κ2) is 5.48. The Hall–Kier alpha value is -1.59. The lowest BCUT2D eigenvalue weighted by molar-refractivity contribution is -0.159. The Kier molecular flexibility index (Phi) is 4.28. The molecule has 0 aliphatic heterocycles. The Labute approximate surface area is 93.5 Å². The molecule has 0 fully saturated rings. The van der Waals surface area contributed by atoms with E-state index in [1.54, 1.807) is 31.2 Å². The van der Waals surface area contributed by atoms with Gasteiger partial charge < -0.3 is 20.7 Å². The molecule has 0 saturated heterocycles.